The highest BCUT2D eigenvalue weighted by atomic mass is 16.5. The van der Waals surface area contributed by atoms with Crippen LogP contribution in [0.15, 0.2) is 48.5 Å². The summed E-state index contributed by atoms with van der Waals surface area (Å²) >= 11 is 0. The summed E-state index contributed by atoms with van der Waals surface area (Å²) in [6.07, 6.45) is 3.26. The number of carbonyl (C=O) groups excluding carboxylic acids is 1. The van der Waals surface area contributed by atoms with E-state index < -0.39 is 0 Å². The van der Waals surface area contributed by atoms with Crippen LogP contribution in [0.1, 0.15) is 11.1 Å². The number of nitrogens with one attached hydrogen (secondary N) is 1. The van der Waals surface area contributed by atoms with Crippen molar-refractivity contribution in [3.63, 3.8) is 0 Å². The van der Waals surface area contributed by atoms with Crippen LogP contribution in [0.4, 0.5) is 0 Å². The number of methoxy groups -OCH3 is 3. The van der Waals surface area contributed by atoms with Crippen molar-refractivity contribution in [1.29, 1.82) is 0 Å². The molecule has 2 aromatic carbocycles. The molecule has 24 heavy (non-hydrogen) atoms. The molecule has 126 valence electrons. The average Bonchev–Trinajstić information content (AvgIpc) is 2.64. The van der Waals surface area contributed by atoms with Crippen LogP contribution in [0, 0.1) is 0 Å². The predicted molar refractivity (Wildman–Crippen MR) is 93.4 cm³/mol. The average molecular weight is 327 g/mol. The minimum atomic E-state index is -0.166. The molecule has 0 aliphatic carbocycles. The van der Waals surface area contributed by atoms with Gasteiger partial charge in [0.2, 0.25) is 5.91 Å². The van der Waals surface area contributed by atoms with Gasteiger partial charge < -0.3 is 19.5 Å². The van der Waals surface area contributed by atoms with Crippen LogP contribution in [0.2, 0.25) is 0 Å². The Hall–Kier alpha value is -2.95. The van der Waals surface area contributed by atoms with Gasteiger partial charge in [-0.15, -0.1) is 0 Å². The summed E-state index contributed by atoms with van der Waals surface area (Å²) in [7, 11) is 4.79. The maximum Gasteiger partial charge on any atom is 0.244 e. The summed E-state index contributed by atoms with van der Waals surface area (Å²) in [5.41, 5.74) is 1.86. The van der Waals surface area contributed by atoms with Gasteiger partial charge in [0.25, 0.3) is 0 Å². The van der Waals surface area contributed by atoms with Gasteiger partial charge in [0.05, 0.1) is 21.3 Å². The molecule has 0 bridgehead atoms. The Labute approximate surface area is 141 Å². The molecule has 0 aromatic heterocycles. The second-order valence-electron chi connectivity index (χ2n) is 5.01. The van der Waals surface area contributed by atoms with Gasteiger partial charge in [-0.1, -0.05) is 18.2 Å². The summed E-state index contributed by atoms with van der Waals surface area (Å²) in [6, 6.07) is 13.0. The number of ether oxygens (including phenoxy) is 3. The Morgan fingerprint density at radius 3 is 2.29 bits per heavy atom. The van der Waals surface area contributed by atoms with Gasteiger partial charge in [-0.3, -0.25) is 4.79 Å². The molecule has 0 fully saturated rings. The molecule has 0 atom stereocenters. The summed E-state index contributed by atoms with van der Waals surface area (Å²) in [4.78, 5) is 11.9. The third kappa shape index (κ3) is 4.78. The van der Waals surface area contributed by atoms with Crippen molar-refractivity contribution in [1.82, 2.24) is 5.32 Å². The summed E-state index contributed by atoms with van der Waals surface area (Å²) in [5.74, 6) is 1.91. The quantitative estimate of drug-likeness (QED) is 0.794. The van der Waals surface area contributed by atoms with E-state index in [0.717, 1.165) is 16.9 Å². The van der Waals surface area contributed by atoms with Crippen molar-refractivity contribution in [3.05, 3.63) is 59.7 Å². The first-order valence-corrected chi connectivity index (χ1v) is 7.47. The fourth-order valence-corrected chi connectivity index (χ4v) is 2.13. The first-order valence-electron chi connectivity index (χ1n) is 7.47. The zero-order chi connectivity index (χ0) is 17.4. The van der Waals surface area contributed by atoms with Crippen LogP contribution in [0.25, 0.3) is 6.08 Å². The fourth-order valence-electron chi connectivity index (χ4n) is 2.13. The lowest BCUT2D eigenvalue weighted by Crippen LogP contribution is -2.20. The number of benzene rings is 2. The van der Waals surface area contributed by atoms with E-state index in [9.17, 15) is 4.79 Å². The molecule has 0 spiro atoms. The molecule has 5 nitrogen and oxygen atoms in total. The number of amides is 1. The molecule has 0 radical (unpaired) electrons. The molecule has 0 saturated heterocycles. The van der Waals surface area contributed by atoms with Crippen LogP contribution in [-0.4, -0.2) is 27.2 Å². The maximum absolute atomic E-state index is 11.9. The Morgan fingerprint density at radius 1 is 0.958 bits per heavy atom. The van der Waals surface area contributed by atoms with E-state index in [0.29, 0.717) is 18.0 Å². The van der Waals surface area contributed by atoms with Crippen LogP contribution in [-0.2, 0) is 11.3 Å². The number of hydrogen-bond acceptors (Lipinski definition) is 4. The lowest BCUT2D eigenvalue weighted by atomic mass is 10.2. The molecule has 0 saturated carbocycles. The minimum absolute atomic E-state index is 0.166. The minimum Gasteiger partial charge on any atom is -0.497 e. The largest absolute Gasteiger partial charge is 0.497 e. The molecule has 0 heterocycles. The van der Waals surface area contributed by atoms with E-state index in [-0.39, 0.29) is 5.91 Å². The first-order chi connectivity index (χ1) is 11.7. The van der Waals surface area contributed by atoms with E-state index in [4.69, 9.17) is 14.2 Å². The molecule has 2 aromatic rings. The molecule has 5 heteroatoms. The van der Waals surface area contributed by atoms with Crippen molar-refractivity contribution < 1.29 is 19.0 Å². The van der Waals surface area contributed by atoms with Crippen molar-refractivity contribution in [2.75, 3.05) is 21.3 Å². The predicted octanol–water partition coefficient (Wildman–Crippen LogP) is 3.04. The summed E-state index contributed by atoms with van der Waals surface area (Å²) in [6.45, 7) is 0.409. The molecule has 0 aliphatic rings. The highest BCUT2D eigenvalue weighted by molar-refractivity contribution is 5.91. The van der Waals surface area contributed by atoms with Crippen LogP contribution in [0.3, 0.4) is 0 Å². The van der Waals surface area contributed by atoms with Gasteiger partial charge >= 0.3 is 0 Å². The Bertz CT molecular complexity index is 708. The molecule has 2 rings (SSSR count). The van der Waals surface area contributed by atoms with Crippen molar-refractivity contribution >= 4 is 12.0 Å². The van der Waals surface area contributed by atoms with E-state index in [2.05, 4.69) is 5.32 Å². The topological polar surface area (TPSA) is 56.8 Å². The van der Waals surface area contributed by atoms with E-state index in [1.54, 1.807) is 27.4 Å². The summed E-state index contributed by atoms with van der Waals surface area (Å²) < 4.78 is 15.5. The van der Waals surface area contributed by atoms with Crippen LogP contribution < -0.4 is 19.5 Å². The van der Waals surface area contributed by atoms with Gasteiger partial charge in [0.15, 0.2) is 11.5 Å². The highest BCUT2D eigenvalue weighted by Crippen LogP contribution is 2.27. The van der Waals surface area contributed by atoms with Gasteiger partial charge in [0, 0.05) is 12.6 Å². The molecule has 1 N–H and O–H groups in total. The van der Waals surface area contributed by atoms with Gasteiger partial charge in [-0.05, 0) is 41.5 Å². The molecule has 0 aliphatic heterocycles. The number of rotatable bonds is 7. The molecular weight excluding hydrogens is 306 g/mol. The van der Waals surface area contributed by atoms with Crippen LogP contribution in [0.5, 0.6) is 17.2 Å². The Balaban J connectivity index is 1.91. The zero-order valence-electron chi connectivity index (χ0n) is 14.0. The van der Waals surface area contributed by atoms with Gasteiger partial charge in [-0.25, -0.2) is 0 Å². The van der Waals surface area contributed by atoms with Crippen LogP contribution >= 0.6 is 0 Å². The Morgan fingerprint density at radius 2 is 1.67 bits per heavy atom. The highest BCUT2D eigenvalue weighted by Gasteiger charge is 2.05. The molecule has 0 unspecified atom stereocenters. The second-order valence-corrected chi connectivity index (χ2v) is 5.01. The normalized spacial score (nSPS) is 10.5. The number of hydrogen-bond donors (Lipinski definition) is 1. The second kappa shape index (κ2) is 8.62. The van der Waals surface area contributed by atoms with Crippen molar-refractivity contribution in [2.24, 2.45) is 0 Å². The first kappa shape index (κ1) is 17.4. The van der Waals surface area contributed by atoms with Gasteiger partial charge in [-0.2, -0.15) is 0 Å². The lowest BCUT2D eigenvalue weighted by Gasteiger charge is -2.09. The smallest absolute Gasteiger partial charge is 0.244 e. The lowest BCUT2D eigenvalue weighted by molar-refractivity contribution is -0.116. The monoisotopic (exact) mass is 327 g/mol. The SMILES string of the molecule is COc1ccc(/C=C/C(=O)NCc2ccc(OC)c(OC)c2)cc1. The third-order valence-corrected chi connectivity index (χ3v) is 3.46. The van der Waals surface area contributed by atoms with Gasteiger partial charge in [0.1, 0.15) is 5.75 Å². The summed E-state index contributed by atoms with van der Waals surface area (Å²) in [5, 5.41) is 2.83. The number of carbonyl (C=O) groups is 1. The van der Waals surface area contributed by atoms with E-state index >= 15 is 0 Å². The van der Waals surface area contributed by atoms with Crippen molar-refractivity contribution in [2.45, 2.75) is 6.54 Å². The standard InChI is InChI=1S/C19H21NO4/c1-22-16-8-4-14(5-9-16)7-11-19(21)20-13-15-6-10-17(23-2)18(12-15)24-3/h4-12H,13H2,1-3H3,(H,20,21)/b11-7+. The zero-order valence-corrected chi connectivity index (χ0v) is 14.0. The Kier molecular flexibility index (Phi) is 6.25. The molecule has 1 amide bonds. The molecular formula is C19H21NO4. The maximum atomic E-state index is 11.9. The fraction of sp³-hybridized carbons (Fsp3) is 0.211. The third-order valence-electron chi connectivity index (χ3n) is 3.46. The van der Waals surface area contributed by atoms with E-state index in [1.165, 1.54) is 6.08 Å². The van der Waals surface area contributed by atoms with Crippen molar-refractivity contribution in [3.8, 4) is 17.2 Å². The van der Waals surface area contributed by atoms with E-state index in [1.807, 2.05) is 42.5 Å².